The molecular weight excluding hydrogens is 136 g/mol. The van der Waals surface area contributed by atoms with Gasteiger partial charge < -0.3 is 4.90 Å². The highest BCUT2D eigenvalue weighted by atomic mass is 15.1. The first-order valence-electron chi connectivity index (χ1n) is 4.22. The molecule has 66 valence electrons. The van der Waals surface area contributed by atoms with Crippen LogP contribution in [-0.4, -0.2) is 37.3 Å². The predicted molar refractivity (Wildman–Crippen MR) is 51.4 cm³/mol. The lowest BCUT2D eigenvalue weighted by molar-refractivity contribution is 0.287. The largest absolute Gasteiger partial charge is 0.307 e. The van der Waals surface area contributed by atoms with Crippen LogP contribution in [0.4, 0.5) is 0 Å². The fourth-order valence-corrected chi connectivity index (χ4v) is 1.02. The molecule has 2 unspecified atom stereocenters. The molecule has 0 fully saturated rings. The van der Waals surface area contributed by atoms with Gasteiger partial charge >= 0.3 is 0 Å². The van der Waals surface area contributed by atoms with E-state index in [9.17, 15) is 0 Å². The van der Waals surface area contributed by atoms with Crippen molar-refractivity contribution < 1.29 is 0 Å². The summed E-state index contributed by atoms with van der Waals surface area (Å²) < 4.78 is 0. The third-order valence-corrected chi connectivity index (χ3v) is 1.97. The van der Waals surface area contributed by atoms with Crippen LogP contribution in [0.3, 0.4) is 0 Å². The molecule has 0 aliphatic rings. The maximum absolute atomic E-state index is 4.30. The molecular formula is C9H20N2. The van der Waals surface area contributed by atoms with E-state index in [0.717, 1.165) is 6.42 Å². The SMILES string of the molecule is CC=NC(C)CC(C)N(C)C. The minimum atomic E-state index is 0.456. The summed E-state index contributed by atoms with van der Waals surface area (Å²) in [4.78, 5) is 6.52. The molecule has 0 aromatic rings. The smallest absolute Gasteiger partial charge is 0.0482 e. The van der Waals surface area contributed by atoms with Crippen molar-refractivity contribution in [2.45, 2.75) is 39.3 Å². The van der Waals surface area contributed by atoms with Crippen LogP contribution in [0.25, 0.3) is 0 Å². The molecule has 0 heterocycles. The van der Waals surface area contributed by atoms with Crippen molar-refractivity contribution >= 4 is 6.21 Å². The van der Waals surface area contributed by atoms with Gasteiger partial charge in [-0.25, -0.2) is 0 Å². The van der Waals surface area contributed by atoms with Crippen LogP contribution < -0.4 is 0 Å². The van der Waals surface area contributed by atoms with Gasteiger partial charge in [-0.15, -0.1) is 0 Å². The Morgan fingerprint density at radius 1 is 1.36 bits per heavy atom. The molecule has 0 saturated heterocycles. The number of nitrogens with zero attached hydrogens (tertiary/aromatic N) is 2. The molecule has 0 bridgehead atoms. The lowest BCUT2D eigenvalue weighted by Gasteiger charge is -2.21. The Morgan fingerprint density at radius 2 is 1.91 bits per heavy atom. The van der Waals surface area contributed by atoms with Crippen LogP contribution in [0.15, 0.2) is 4.99 Å². The number of hydrogen-bond donors (Lipinski definition) is 0. The summed E-state index contributed by atoms with van der Waals surface area (Å²) in [5.74, 6) is 0. The second kappa shape index (κ2) is 5.30. The van der Waals surface area contributed by atoms with Crippen LogP contribution in [0.5, 0.6) is 0 Å². The zero-order valence-corrected chi connectivity index (χ0v) is 8.33. The topological polar surface area (TPSA) is 15.6 Å². The highest BCUT2D eigenvalue weighted by molar-refractivity contribution is 5.53. The molecule has 0 aromatic carbocycles. The van der Waals surface area contributed by atoms with E-state index in [1.807, 2.05) is 13.1 Å². The molecule has 0 saturated carbocycles. The van der Waals surface area contributed by atoms with Gasteiger partial charge in [0.05, 0.1) is 0 Å². The summed E-state index contributed by atoms with van der Waals surface area (Å²) >= 11 is 0. The van der Waals surface area contributed by atoms with Crippen LogP contribution in [0, 0.1) is 0 Å². The lowest BCUT2D eigenvalue weighted by atomic mass is 10.1. The summed E-state index contributed by atoms with van der Waals surface area (Å²) in [5, 5.41) is 0. The van der Waals surface area contributed by atoms with Gasteiger partial charge in [-0.1, -0.05) is 0 Å². The van der Waals surface area contributed by atoms with Crippen molar-refractivity contribution in [3.63, 3.8) is 0 Å². The van der Waals surface area contributed by atoms with Crippen molar-refractivity contribution in [1.29, 1.82) is 0 Å². The molecule has 0 rings (SSSR count). The maximum Gasteiger partial charge on any atom is 0.0482 e. The van der Waals surface area contributed by atoms with Crippen LogP contribution in [0.2, 0.25) is 0 Å². The van der Waals surface area contributed by atoms with Gasteiger partial charge in [0.1, 0.15) is 0 Å². The summed E-state index contributed by atoms with van der Waals surface area (Å²) in [6.45, 7) is 6.35. The molecule has 2 atom stereocenters. The van der Waals surface area contributed by atoms with Crippen molar-refractivity contribution in [1.82, 2.24) is 4.90 Å². The van der Waals surface area contributed by atoms with Crippen LogP contribution >= 0.6 is 0 Å². The molecule has 0 radical (unpaired) electrons. The highest BCUT2D eigenvalue weighted by Crippen LogP contribution is 2.04. The van der Waals surface area contributed by atoms with E-state index in [-0.39, 0.29) is 0 Å². The number of aliphatic imine (C=N–C) groups is 1. The van der Waals surface area contributed by atoms with Gasteiger partial charge in [-0.3, -0.25) is 4.99 Å². The quantitative estimate of drug-likeness (QED) is 0.567. The number of rotatable bonds is 4. The molecule has 2 heteroatoms. The van der Waals surface area contributed by atoms with E-state index in [0.29, 0.717) is 12.1 Å². The third kappa shape index (κ3) is 4.96. The molecule has 11 heavy (non-hydrogen) atoms. The minimum Gasteiger partial charge on any atom is -0.307 e. The van der Waals surface area contributed by atoms with Gasteiger partial charge in [0, 0.05) is 12.1 Å². The summed E-state index contributed by atoms with van der Waals surface area (Å²) in [7, 11) is 4.21. The molecule has 0 spiro atoms. The molecule has 0 aromatic heterocycles. The zero-order valence-electron chi connectivity index (χ0n) is 8.33. The molecule has 0 N–H and O–H groups in total. The van der Waals surface area contributed by atoms with Crippen LogP contribution in [-0.2, 0) is 0 Å². The predicted octanol–water partition coefficient (Wildman–Crippen LogP) is 1.81. The summed E-state index contributed by atoms with van der Waals surface area (Å²) in [6.07, 6.45) is 3.02. The van der Waals surface area contributed by atoms with E-state index in [2.05, 4.69) is 37.8 Å². The molecule has 0 aliphatic heterocycles. The van der Waals surface area contributed by atoms with Crippen molar-refractivity contribution in [2.75, 3.05) is 14.1 Å². The van der Waals surface area contributed by atoms with Gasteiger partial charge in [0.25, 0.3) is 0 Å². The van der Waals surface area contributed by atoms with E-state index in [1.165, 1.54) is 0 Å². The Hall–Kier alpha value is -0.370. The first-order chi connectivity index (χ1) is 5.07. The van der Waals surface area contributed by atoms with Crippen LogP contribution in [0.1, 0.15) is 27.2 Å². The van der Waals surface area contributed by atoms with E-state index >= 15 is 0 Å². The molecule has 2 nitrogen and oxygen atoms in total. The Morgan fingerprint density at radius 3 is 2.27 bits per heavy atom. The number of hydrogen-bond acceptors (Lipinski definition) is 2. The first kappa shape index (κ1) is 10.6. The highest BCUT2D eigenvalue weighted by Gasteiger charge is 2.07. The van der Waals surface area contributed by atoms with Crippen molar-refractivity contribution in [3.05, 3.63) is 0 Å². The van der Waals surface area contributed by atoms with Gasteiger partial charge in [0.15, 0.2) is 0 Å². The van der Waals surface area contributed by atoms with E-state index in [1.54, 1.807) is 0 Å². The Kier molecular flexibility index (Phi) is 5.12. The fraction of sp³-hybridized carbons (Fsp3) is 0.889. The monoisotopic (exact) mass is 156 g/mol. The minimum absolute atomic E-state index is 0.456. The zero-order chi connectivity index (χ0) is 8.85. The Labute approximate surface area is 70.3 Å². The van der Waals surface area contributed by atoms with Crippen molar-refractivity contribution in [2.24, 2.45) is 4.99 Å². The molecule has 0 amide bonds. The van der Waals surface area contributed by atoms with Crippen molar-refractivity contribution in [3.8, 4) is 0 Å². The second-order valence-electron chi connectivity index (χ2n) is 3.30. The van der Waals surface area contributed by atoms with Gasteiger partial charge in [-0.2, -0.15) is 0 Å². The maximum atomic E-state index is 4.30. The third-order valence-electron chi connectivity index (χ3n) is 1.97. The van der Waals surface area contributed by atoms with E-state index in [4.69, 9.17) is 0 Å². The second-order valence-corrected chi connectivity index (χ2v) is 3.30. The Bertz CT molecular complexity index is 119. The average Bonchev–Trinajstić information content (AvgIpc) is 1.87. The Balaban J connectivity index is 3.65. The first-order valence-corrected chi connectivity index (χ1v) is 4.22. The molecule has 0 aliphatic carbocycles. The van der Waals surface area contributed by atoms with Gasteiger partial charge in [-0.05, 0) is 47.5 Å². The van der Waals surface area contributed by atoms with E-state index < -0.39 is 0 Å². The summed E-state index contributed by atoms with van der Waals surface area (Å²) in [6, 6.07) is 1.08. The lowest BCUT2D eigenvalue weighted by Crippen LogP contribution is -2.27. The average molecular weight is 156 g/mol. The fourth-order valence-electron chi connectivity index (χ4n) is 1.02. The normalized spacial score (nSPS) is 17.6. The standard InChI is InChI=1S/C9H20N2/c1-6-10-8(2)7-9(3)11(4)5/h6,8-9H,7H2,1-5H3. The summed E-state index contributed by atoms with van der Waals surface area (Å²) in [5.41, 5.74) is 0. The van der Waals surface area contributed by atoms with Gasteiger partial charge in [0.2, 0.25) is 0 Å².